The standard InChI is InChI=1S/C14H14BrN3O/c1-2-18(10-12-5-3-4-8-16-12)14(19)13-7-6-11(15)9-17-13/h3-9H,2,10H2,1H3. The molecule has 1 amide bonds. The van der Waals surface area contributed by atoms with E-state index in [0.29, 0.717) is 18.8 Å². The number of aromatic nitrogens is 2. The number of pyridine rings is 2. The van der Waals surface area contributed by atoms with Gasteiger partial charge in [-0.25, -0.2) is 4.98 Å². The van der Waals surface area contributed by atoms with Crippen molar-refractivity contribution >= 4 is 21.8 Å². The van der Waals surface area contributed by atoms with Crippen molar-refractivity contribution in [3.8, 4) is 0 Å². The fraction of sp³-hybridized carbons (Fsp3) is 0.214. The molecule has 0 fully saturated rings. The first-order valence-electron chi connectivity index (χ1n) is 6.01. The molecule has 4 nitrogen and oxygen atoms in total. The summed E-state index contributed by atoms with van der Waals surface area (Å²) in [5.41, 5.74) is 1.32. The molecule has 0 aliphatic rings. The lowest BCUT2D eigenvalue weighted by atomic mass is 10.2. The average Bonchev–Trinajstić information content (AvgIpc) is 2.46. The minimum Gasteiger partial charge on any atom is -0.332 e. The fourth-order valence-electron chi connectivity index (χ4n) is 1.68. The molecule has 0 N–H and O–H groups in total. The molecule has 0 saturated heterocycles. The number of carbonyl (C=O) groups is 1. The molecule has 0 spiro atoms. The van der Waals surface area contributed by atoms with E-state index < -0.39 is 0 Å². The van der Waals surface area contributed by atoms with Gasteiger partial charge in [-0.2, -0.15) is 0 Å². The molecular weight excluding hydrogens is 306 g/mol. The van der Waals surface area contributed by atoms with Gasteiger partial charge in [0.1, 0.15) is 5.69 Å². The number of hydrogen-bond donors (Lipinski definition) is 0. The van der Waals surface area contributed by atoms with Crippen molar-refractivity contribution in [3.63, 3.8) is 0 Å². The second-order valence-electron chi connectivity index (χ2n) is 4.00. The minimum absolute atomic E-state index is 0.0827. The Kier molecular flexibility index (Phi) is 4.63. The van der Waals surface area contributed by atoms with Gasteiger partial charge < -0.3 is 4.90 Å². The molecule has 2 aromatic rings. The molecule has 5 heteroatoms. The first-order valence-corrected chi connectivity index (χ1v) is 6.80. The number of rotatable bonds is 4. The van der Waals surface area contributed by atoms with Crippen LogP contribution in [0, 0.1) is 0 Å². The molecule has 0 aliphatic carbocycles. The Bertz CT molecular complexity index is 542. The molecule has 0 aromatic carbocycles. The molecule has 0 unspecified atom stereocenters. The van der Waals surface area contributed by atoms with Crippen LogP contribution in [0.2, 0.25) is 0 Å². The van der Waals surface area contributed by atoms with Crippen LogP contribution in [0.1, 0.15) is 23.1 Å². The summed E-state index contributed by atoms with van der Waals surface area (Å²) in [5, 5.41) is 0. The van der Waals surface area contributed by atoms with E-state index in [1.807, 2.05) is 31.2 Å². The zero-order valence-corrected chi connectivity index (χ0v) is 12.2. The van der Waals surface area contributed by atoms with Crippen LogP contribution in [-0.2, 0) is 6.54 Å². The van der Waals surface area contributed by atoms with Crippen LogP contribution in [0.4, 0.5) is 0 Å². The second-order valence-corrected chi connectivity index (χ2v) is 4.92. The van der Waals surface area contributed by atoms with Crippen molar-refractivity contribution in [2.75, 3.05) is 6.54 Å². The summed E-state index contributed by atoms with van der Waals surface area (Å²) in [4.78, 5) is 22.4. The molecule has 2 aromatic heterocycles. The predicted molar refractivity (Wildman–Crippen MR) is 76.6 cm³/mol. The van der Waals surface area contributed by atoms with Gasteiger partial charge in [-0.05, 0) is 47.1 Å². The van der Waals surface area contributed by atoms with Crippen LogP contribution in [0.3, 0.4) is 0 Å². The SMILES string of the molecule is CCN(Cc1ccccn1)C(=O)c1ccc(Br)cn1. The van der Waals surface area contributed by atoms with Gasteiger partial charge in [0.05, 0.1) is 12.2 Å². The van der Waals surface area contributed by atoms with E-state index in [9.17, 15) is 4.79 Å². The van der Waals surface area contributed by atoms with Gasteiger partial charge in [0.15, 0.2) is 0 Å². The van der Waals surface area contributed by atoms with Crippen LogP contribution in [-0.4, -0.2) is 27.3 Å². The molecule has 0 atom stereocenters. The van der Waals surface area contributed by atoms with Gasteiger partial charge >= 0.3 is 0 Å². The van der Waals surface area contributed by atoms with Crippen LogP contribution < -0.4 is 0 Å². The monoisotopic (exact) mass is 319 g/mol. The van der Waals surface area contributed by atoms with E-state index in [4.69, 9.17) is 0 Å². The quantitative estimate of drug-likeness (QED) is 0.870. The van der Waals surface area contributed by atoms with Crippen LogP contribution in [0.25, 0.3) is 0 Å². The number of nitrogens with zero attached hydrogens (tertiary/aromatic N) is 3. The maximum Gasteiger partial charge on any atom is 0.272 e. The van der Waals surface area contributed by atoms with Crippen molar-refractivity contribution in [1.29, 1.82) is 0 Å². The minimum atomic E-state index is -0.0827. The Morgan fingerprint density at radius 2 is 2.11 bits per heavy atom. The first kappa shape index (κ1) is 13.7. The highest BCUT2D eigenvalue weighted by atomic mass is 79.9. The molecule has 0 radical (unpaired) electrons. The van der Waals surface area contributed by atoms with Gasteiger partial charge in [-0.3, -0.25) is 9.78 Å². The molecule has 2 rings (SSSR count). The number of carbonyl (C=O) groups excluding carboxylic acids is 1. The smallest absolute Gasteiger partial charge is 0.272 e. The zero-order chi connectivity index (χ0) is 13.7. The molecule has 98 valence electrons. The summed E-state index contributed by atoms with van der Waals surface area (Å²) in [6, 6.07) is 9.21. The van der Waals surface area contributed by atoms with E-state index in [1.165, 1.54) is 0 Å². The average molecular weight is 320 g/mol. The third kappa shape index (κ3) is 3.61. The lowest BCUT2D eigenvalue weighted by Crippen LogP contribution is -2.31. The Morgan fingerprint density at radius 3 is 2.68 bits per heavy atom. The molecule has 19 heavy (non-hydrogen) atoms. The van der Waals surface area contributed by atoms with Gasteiger partial charge in [-0.15, -0.1) is 0 Å². The predicted octanol–water partition coefficient (Wildman–Crippen LogP) is 2.90. The van der Waals surface area contributed by atoms with Crippen LogP contribution in [0.5, 0.6) is 0 Å². The number of hydrogen-bond acceptors (Lipinski definition) is 3. The largest absolute Gasteiger partial charge is 0.332 e. The van der Waals surface area contributed by atoms with Gasteiger partial charge in [-0.1, -0.05) is 6.07 Å². The summed E-state index contributed by atoms with van der Waals surface area (Å²) in [5.74, 6) is -0.0827. The molecule has 0 bridgehead atoms. The van der Waals surface area contributed by atoms with Crippen molar-refractivity contribution in [2.45, 2.75) is 13.5 Å². The third-order valence-corrected chi connectivity index (χ3v) is 3.16. The van der Waals surface area contributed by atoms with E-state index >= 15 is 0 Å². The summed E-state index contributed by atoms with van der Waals surface area (Å²) in [6.07, 6.45) is 3.35. The number of halogens is 1. The first-order chi connectivity index (χ1) is 9.20. The van der Waals surface area contributed by atoms with Crippen molar-refractivity contribution in [1.82, 2.24) is 14.9 Å². The molecule has 0 saturated carbocycles. The Morgan fingerprint density at radius 1 is 1.26 bits per heavy atom. The highest BCUT2D eigenvalue weighted by Gasteiger charge is 2.15. The third-order valence-electron chi connectivity index (χ3n) is 2.69. The fourth-order valence-corrected chi connectivity index (χ4v) is 1.91. The van der Waals surface area contributed by atoms with Crippen molar-refractivity contribution in [3.05, 3.63) is 58.6 Å². The highest BCUT2D eigenvalue weighted by molar-refractivity contribution is 9.10. The molecular formula is C14H14BrN3O. The van der Waals surface area contributed by atoms with Gasteiger partial charge in [0.25, 0.3) is 5.91 Å². The van der Waals surface area contributed by atoms with Gasteiger partial charge in [0.2, 0.25) is 0 Å². The maximum atomic E-state index is 12.3. The van der Waals surface area contributed by atoms with Crippen molar-refractivity contribution in [2.24, 2.45) is 0 Å². The molecule has 0 aliphatic heterocycles. The Hall–Kier alpha value is -1.75. The van der Waals surface area contributed by atoms with E-state index in [0.717, 1.165) is 10.2 Å². The Balaban J connectivity index is 2.13. The topological polar surface area (TPSA) is 46.1 Å². The normalized spacial score (nSPS) is 10.2. The summed E-state index contributed by atoms with van der Waals surface area (Å²) in [6.45, 7) is 3.06. The summed E-state index contributed by atoms with van der Waals surface area (Å²) < 4.78 is 0.858. The zero-order valence-electron chi connectivity index (χ0n) is 10.6. The summed E-state index contributed by atoms with van der Waals surface area (Å²) >= 11 is 3.31. The second kappa shape index (κ2) is 6.43. The summed E-state index contributed by atoms with van der Waals surface area (Å²) in [7, 11) is 0. The van der Waals surface area contributed by atoms with Crippen LogP contribution >= 0.6 is 15.9 Å². The van der Waals surface area contributed by atoms with Gasteiger partial charge in [0, 0.05) is 23.4 Å². The van der Waals surface area contributed by atoms with E-state index in [1.54, 1.807) is 23.4 Å². The maximum absolute atomic E-state index is 12.3. The van der Waals surface area contributed by atoms with Crippen molar-refractivity contribution < 1.29 is 4.79 Å². The highest BCUT2D eigenvalue weighted by Crippen LogP contribution is 2.10. The van der Waals surface area contributed by atoms with E-state index in [2.05, 4.69) is 25.9 Å². The lowest BCUT2D eigenvalue weighted by Gasteiger charge is -2.19. The Labute approximate surface area is 120 Å². The van der Waals surface area contributed by atoms with Crippen LogP contribution in [0.15, 0.2) is 47.2 Å². The van der Waals surface area contributed by atoms with E-state index in [-0.39, 0.29) is 5.91 Å². The molecule has 2 heterocycles. The number of amides is 1. The lowest BCUT2D eigenvalue weighted by molar-refractivity contribution is 0.0744.